The van der Waals surface area contributed by atoms with Crippen molar-refractivity contribution in [3.8, 4) is 0 Å². The molecule has 184 valence electrons. The van der Waals surface area contributed by atoms with Crippen molar-refractivity contribution in [1.82, 2.24) is 15.2 Å². The fourth-order valence-corrected chi connectivity index (χ4v) is 7.70. The highest BCUT2D eigenvalue weighted by Gasteiger charge is 2.46. The fraction of sp³-hybridized carbons (Fsp3) is 0.708. The van der Waals surface area contributed by atoms with E-state index in [1.54, 1.807) is 0 Å². The quantitative estimate of drug-likeness (QED) is 0.582. The Morgan fingerprint density at radius 3 is 2.61 bits per heavy atom. The number of carbonyl (C=O) groups excluding carboxylic acids is 1. The van der Waals surface area contributed by atoms with Crippen molar-refractivity contribution in [1.29, 1.82) is 0 Å². The second kappa shape index (κ2) is 9.90. The molecule has 2 heterocycles. The van der Waals surface area contributed by atoms with E-state index in [0.717, 1.165) is 37.5 Å². The topological polar surface area (TPSA) is 93.8 Å². The highest BCUT2D eigenvalue weighted by Crippen LogP contribution is 2.35. The Bertz CT molecular complexity index is 961. The first-order valence-electron chi connectivity index (χ1n) is 12.2. The molecule has 1 aromatic rings. The summed E-state index contributed by atoms with van der Waals surface area (Å²) in [4.78, 5) is 15.1. The maximum atomic E-state index is 13.3. The van der Waals surface area contributed by atoms with E-state index < -0.39 is 15.3 Å². The molecular formula is C24H39N5O3S. The van der Waals surface area contributed by atoms with Gasteiger partial charge in [0, 0.05) is 44.1 Å². The molecule has 0 spiro atoms. The Balaban J connectivity index is 1.37. The third-order valence-electron chi connectivity index (χ3n) is 7.67. The molecule has 0 aromatic heterocycles. The molecule has 2 aliphatic heterocycles. The number of benzene rings is 1. The fourth-order valence-electron chi connectivity index (χ4n) is 5.70. The number of likely N-dealkylation sites (N-methyl/N-ethyl adjacent to an activating group) is 1. The number of nitrogens with zero attached hydrogens (tertiary/aromatic N) is 2. The number of carbonyl (C=O) groups is 1. The summed E-state index contributed by atoms with van der Waals surface area (Å²) in [6.07, 6.45) is 4.03. The molecule has 0 bridgehead atoms. The Morgan fingerprint density at radius 2 is 1.91 bits per heavy atom. The van der Waals surface area contributed by atoms with Crippen molar-refractivity contribution >= 4 is 27.3 Å². The number of hydrogen-bond donors (Lipinski definition) is 3. The van der Waals surface area contributed by atoms with Crippen LogP contribution < -0.4 is 21.1 Å². The van der Waals surface area contributed by atoms with Crippen LogP contribution in [0, 0.1) is 24.7 Å². The SMILES string of the molecule is Cc1cc(NC(=O)CN(C)S(=O)(=O)C2CC(C)CC3CNNC32)ccc1N1CCC(C)CC1. The van der Waals surface area contributed by atoms with E-state index in [4.69, 9.17) is 0 Å². The van der Waals surface area contributed by atoms with E-state index in [-0.39, 0.29) is 18.5 Å². The molecule has 3 fully saturated rings. The van der Waals surface area contributed by atoms with Gasteiger partial charge in [0.15, 0.2) is 0 Å². The smallest absolute Gasteiger partial charge is 0.239 e. The van der Waals surface area contributed by atoms with Gasteiger partial charge in [0.2, 0.25) is 15.9 Å². The molecule has 3 aliphatic rings. The second-order valence-corrected chi connectivity index (χ2v) is 12.7. The van der Waals surface area contributed by atoms with Gasteiger partial charge in [-0.05, 0) is 74.1 Å². The standard InChI is InChI=1S/C24H39N5O3S/c1-16-7-9-29(10-8-16)21-6-5-20(13-18(21)3)26-23(30)15-28(4)33(31,32)22-12-17(2)11-19-14-25-27-24(19)22/h5-6,13,16-17,19,22,24-25,27H,7-12,14-15H2,1-4H3,(H,26,30). The molecule has 8 nitrogen and oxygen atoms in total. The van der Waals surface area contributed by atoms with Gasteiger partial charge in [0.05, 0.1) is 11.8 Å². The molecule has 9 heteroatoms. The summed E-state index contributed by atoms with van der Waals surface area (Å²) < 4.78 is 27.9. The van der Waals surface area contributed by atoms with Crippen LogP contribution in [-0.4, -0.2) is 63.1 Å². The lowest BCUT2D eigenvalue weighted by Crippen LogP contribution is -2.53. The minimum atomic E-state index is -3.61. The predicted molar refractivity (Wildman–Crippen MR) is 133 cm³/mol. The van der Waals surface area contributed by atoms with Crippen molar-refractivity contribution < 1.29 is 13.2 Å². The molecule has 4 atom stereocenters. The van der Waals surface area contributed by atoms with E-state index >= 15 is 0 Å². The molecule has 3 N–H and O–H groups in total. The number of nitrogens with one attached hydrogen (secondary N) is 3. The second-order valence-electron chi connectivity index (χ2n) is 10.4. The molecule has 0 radical (unpaired) electrons. The van der Waals surface area contributed by atoms with Crippen LogP contribution in [0.2, 0.25) is 0 Å². The number of aryl methyl sites for hydroxylation is 1. The van der Waals surface area contributed by atoms with E-state index in [1.807, 2.05) is 12.1 Å². The van der Waals surface area contributed by atoms with Gasteiger partial charge in [0.1, 0.15) is 0 Å². The van der Waals surface area contributed by atoms with Gasteiger partial charge in [0.25, 0.3) is 0 Å². The number of amides is 1. The maximum absolute atomic E-state index is 13.3. The number of piperidine rings is 1. The molecule has 4 unspecified atom stereocenters. The Labute approximate surface area is 198 Å². The summed E-state index contributed by atoms with van der Waals surface area (Å²) in [6, 6.07) is 5.84. The van der Waals surface area contributed by atoms with Crippen molar-refractivity contribution in [3.05, 3.63) is 23.8 Å². The number of sulfonamides is 1. The van der Waals surface area contributed by atoms with Crippen LogP contribution in [-0.2, 0) is 14.8 Å². The monoisotopic (exact) mass is 477 g/mol. The largest absolute Gasteiger partial charge is 0.371 e. The summed E-state index contributed by atoms with van der Waals surface area (Å²) in [5.41, 5.74) is 9.31. The van der Waals surface area contributed by atoms with Crippen LogP contribution in [0.4, 0.5) is 11.4 Å². The molecule has 2 saturated heterocycles. The number of anilines is 2. The summed E-state index contributed by atoms with van der Waals surface area (Å²) in [5, 5.41) is 2.37. The minimum Gasteiger partial charge on any atom is -0.371 e. The number of fused-ring (bicyclic) bond motifs is 1. The lowest BCUT2D eigenvalue weighted by molar-refractivity contribution is -0.116. The van der Waals surface area contributed by atoms with Gasteiger partial charge in [-0.3, -0.25) is 15.6 Å². The van der Waals surface area contributed by atoms with Crippen molar-refractivity contribution in [3.63, 3.8) is 0 Å². The molecule has 33 heavy (non-hydrogen) atoms. The van der Waals surface area contributed by atoms with Crippen molar-refractivity contribution in [2.24, 2.45) is 17.8 Å². The average Bonchev–Trinajstić information content (AvgIpc) is 3.22. The third kappa shape index (κ3) is 5.37. The van der Waals surface area contributed by atoms with Gasteiger partial charge in [-0.2, -0.15) is 4.31 Å². The zero-order valence-corrected chi connectivity index (χ0v) is 21.1. The van der Waals surface area contributed by atoms with Gasteiger partial charge in [-0.15, -0.1) is 0 Å². The van der Waals surface area contributed by atoms with Crippen LogP contribution in [0.25, 0.3) is 0 Å². The Kier molecular flexibility index (Phi) is 7.33. The van der Waals surface area contributed by atoms with E-state index in [9.17, 15) is 13.2 Å². The molecule has 1 aliphatic carbocycles. The highest BCUT2D eigenvalue weighted by molar-refractivity contribution is 7.89. The van der Waals surface area contributed by atoms with Gasteiger partial charge in [-0.25, -0.2) is 8.42 Å². The van der Waals surface area contributed by atoms with Crippen LogP contribution in [0.15, 0.2) is 18.2 Å². The zero-order valence-electron chi connectivity index (χ0n) is 20.3. The first kappa shape index (κ1) is 24.4. The molecule has 1 amide bonds. The third-order valence-corrected chi connectivity index (χ3v) is 9.92. The average molecular weight is 478 g/mol. The van der Waals surface area contributed by atoms with Crippen LogP contribution in [0.3, 0.4) is 0 Å². The van der Waals surface area contributed by atoms with E-state index in [0.29, 0.717) is 23.9 Å². The number of hydrazine groups is 1. The first-order chi connectivity index (χ1) is 15.6. The minimum absolute atomic E-state index is 0.107. The number of hydrogen-bond acceptors (Lipinski definition) is 6. The highest BCUT2D eigenvalue weighted by atomic mass is 32.2. The lowest BCUT2D eigenvalue weighted by atomic mass is 9.79. The van der Waals surface area contributed by atoms with Crippen LogP contribution >= 0.6 is 0 Å². The van der Waals surface area contributed by atoms with Gasteiger partial charge < -0.3 is 10.2 Å². The molecule has 1 aromatic carbocycles. The normalized spacial score (nSPS) is 28.7. The van der Waals surface area contributed by atoms with E-state index in [2.05, 4.69) is 47.9 Å². The Morgan fingerprint density at radius 1 is 1.18 bits per heavy atom. The number of rotatable bonds is 6. The van der Waals surface area contributed by atoms with E-state index in [1.165, 1.54) is 29.9 Å². The molecule has 4 rings (SSSR count). The molecule has 1 saturated carbocycles. The Hall–Kier alpha value is -1.68. The maximum Gasteiger partial charge on any atom is 0.239 e. The van der Waals surface area contributed by atoms with Crippen molar-refractivity contribution in [2.75, 3.05) is 43.4 Å². The van der Waals surface area contributed by atoms with Gasteiger partial charge in [-0.1, -0.05) is 13.8 Å². The summed E-state index contributed by atoms with van der Waals surface area (Å²) in [6.45, 7) is 9.18. The van der Waals surface area contributed by atoms with Crippen molar-refractivity contribution in [2.45, 2.75) is 57.7 Å². The zero-order chi connectivity index (χ0) is 23.8. The van der Waals surface area contributed by atoms with Crippen LogP contribution in [0.1, 0.15) is 45.1 Å². The first-order valence-corrected chi connectivity index (χ1v) is 13.7. The summed E-state index contributed by atoms with van der Waals surface area (Å²) in [7, 11) is -2.10. The summed E-state index contributed by atoms with van der Waals surface area (Å²) >= 11 is 0. The lowest BCUT2D eigenvalue weighted by Gasteiger charge is -2.37. The predicted octanol–water partition coefficient (Wildman–Crippen LogP) is 2.32. The summed E-state index contributed by atoms with van der Waals surface area (Å²) in [5.74, 6) is 1.11. The molecular weight excluding hydrogens is 438 g/mol. The van der Waals surface area contributed by atoms with Gasteiger partial charge >= 0.3 is 0 Å². The van der Waals surface area contributed by atoms with Crippen LogP contribution in [0.5, 0.6) is 0 Å².